The Bertz CT molecular complexity index is 1000. The maximum atomic E-state index is 6.04. The minimum Gasteiger partial charge on any atom is -0.353 e. The summed E-state index contributed by atoms with van der Waals surface area (Å²) in [4.78, 5) is 12.4. The lowest BCUT2D eigenvalue weighted by atomic mass is 9.88. The first kappa shape index (κ1) is 40.6. The van der Waals surface area contributed by atoms with Crippen molar-refractivity contribution < 1.29 is 0 Å². The highest BCUT2D eigenvalue weighted by Crippen LogP contribution is 2.26. The van der Waals surface area contributed by atoms with Gasteiger partial charge in [-0.3, -0.25) is 9.80 Å². The SMILES string of the molecule is C=C/C(Cl)=C\C=C(/C)CN1CCCC(N2CCN(C(=N/C=C(\C)C(=C)C)C(=C)Br)CC2C)CC1.CC.CCC1CCCCC1. The van der Waals surface area contributed by atoms with E-state index in [1.54, 1.807) is 6.08 Å². The van der Waals surface area contributed by atoms with Crippen LogP contribution in [0.2, 0.25) is 0 Å². The Labute approximate surface area is 285 Å². The zero-order chi connectivity index (χ0) is 33.1. The lowest BCUT2D eigenvalue weighted by Gasteiger charge is -2.44. The fraction of sp³-hybridized carbons (Fsp3) is 0.658. The summed E-state index contributed by atoms with van der Waals surface area (Å²) >= 11 is 9.62. The van der Waals surface area contributed by atoms with Gasteiger partial charge in [-0.05, 0) is 93.5 Å². The number of likely N-dealkylation sites (tertiary alicyclic amines) is 1. The molecule has 2 heterocycles. The molecule has 1 aliphatic carbocycles. The molecular weight excluding hydrogens is 628 g/mol. The van der Waals surface area contributed by atoms with Crippen LogP contribution in [0.1, 0.15) is 106 Å². The van der Waals surface area contributed by atoms with Crippen molar-refractivity contribution in [3.05, 3.63) is 70.4 Å². The molecule has 2 saturated heterocycles. The molecule has 0 spiro atoms. The second-order valence-corrected chi connectivity index (χ2v) is 13.9. The summed E-state index contributed by atoms with van der Waals surface area (Å²) in [5.41, 5.74) is 3.45. The van der Waals surface area contributed by atoms with E-state index >= 15 is 0 Å². The number of allylic oxidation sites excluding steroid dienone is 6. The topological polar surface area (TPSA) is 22.1 Å². The van der Waals surface area contributed by atoms with Crippen molar-refractivity contribution in [1.82, 2.24) is 14.7 Å². The predicted octanol–water partition coefficient (Wildman–Crippen LogP) is 10.9. The van der Waals surface area contributed by atoms with Crippen molar-refractivity contribution in [2.45, 2.75) is 118 Å². The van der Waals surface area contributed by atoms with Gasteiger partial charge in [0.05, 0.1) is 4.48 Å². The Morgan fingerprint density at radius 1 is 0.932 bits per heavy atom. The van der Waals surface area contributed by atoms with Crippen LogP contribution in [0.3, 0.4) is 0 Å². The quantitative estimate of drug-likeness (QED) is 0.136. The smallest absolute Gasteiger partial charge is 0.142 e. The summed E-state index contributed by atoms with van der Waals surface area (Å²) in [6.07, 6.45) is 20.3. The third-order valence-corrected chi connectivity index (χ3v) is 9.67. The molecule has 0 aromatic heterocycles. The summed E-state index contributed by atoms with van der Waals surface area (Å²) in [6.45, 7) is 33.0. The zero-order valence-electron chi connectivity index (χ0n) is 29.3. The van der Waals surface area contributed by atoms with E-state index in [0.29, 0.717) is 17.1 Å². The van der Waals surface area contributed by atoms with E-state index in [2.05, 4.69) is 77.2 Å². The minimum atomic E-state index is 0.474. The zero-order valence-corrected chi connectivity index (χ0v) is 31.7. The molecule has 3 rings (SSSR count). The molecule has 250 valence electrons. The van der Waals surface area contributed by atoms with Crippen LogP contribution in [0.4, 0.5) is 0 Å². The van der Waals surface area contributed by atoms with E-state index in [9.17, 15) is 0 Å². The fourth-order valence-electron chi connectivity index (χ4n) is 6.22. The van der Waals surface area contributed by atoms with Crippen LogP contribution < -0.4 is 0 Å². The molecule has 2 aliphatic heterocycles. The van der Waals surface area contributed by atoms with Crippen molar-refractivity contribution in [2.75, 3.05) is 39.3 Å². The summed E-state index contributed by atoms with van der Waals surface area (Å²) in [6, 6.07) is 1.11. The van der Waals surface area contributed by atoms with Crippen LogP contribution in [-0.2, 0) is 0 Å². The molecule has 3 fully saturated rings. The van der Waals surface area contributed by atoms with E-state index in [1.807, 2.05) is 40.0 Å². The van der Waals surface area contributed by atoms with Crippen LogP contribution in [0.25, 0.3) is 0 Å². The molecule has 4 nitrogen and oxygen atoms in total. The summed E-state index contributed by atoms with van der Waals surface area (Å²) in [5.74, 6) is 2.01. The molecular formula is C38H64BrClN4. The summed E-state index contributed by atoms with van der Waals surface area (Å²) < 4.78 is 0.830. The number of rotatable bonds is 9. The highest BCUT2D eigenvalue weighted by Gasteiger charge is 2.32. The molecule has 3 aliphatic rings. The molecule has 0 radical (unpaired) electrons. The lowest BCUT2D eigenvalue weighted by Crippen LogP contribution is -2.56. The number of nitrogens with zero attached hydrogens (tertiary/aromatic N) is 4. The van der Waals surface area contributed by atoms with Gasteiger partial charge in [0.25, 0.3) is 0 Å². The molecule has 0 amide bonds. The summed E-state index contributed by atoms with van der Waals surface area (Å²) in [5, 5.41) is 0.682. The van der Waals surface area contributed by atoms with Crippen LogP contribution in [0.15, 0.2) is 75.4 Å². The fourth-order valence-corrected chi connectivity index (χ4v) is 6.63. The van der Waals surface area contributed by atoms with E-state index in [4.69, 9.17) is 16.6 Å². The number of amidine groups is 1. The standard InChI is InChI=1S/C28H42BrClN4.C8H16.C2H6/c1-8-26(30)12-11-22(4)19-32-14-9-10-27(13-15-32)34-17-16-33(20-24(34)6)28(25(7)29)31-18-23(5)21(2)3;1-2-8-6-4-3-5-7-8;1-2/h8,11-12,18,24,27H,1-2,7,9-10,13-17,19-20H2,3-6H3;8H,2-7H2,1H3;1-2H3/b22-11+,23-18+,26-12+,31-28?;;. The number of halogens is 2. The van der Waals surface area contributed by atoms with Gasteiger partial charge in [-0.2, -0.15) is 0 Å². The molecule has 0 aromatic carbocycles. The molecule has 0 bridgehead atoms. The molecule has 0 aromatic rings. The third kappa shape index (κ3) is 15.3. The Kier molecular flexibility index (Phi) is 21.2. The number of hydrogen-bond donors (Lipinski definition) is 0. The van der Waals surface area contributed by atoms with Gasteiger partial charge in [0.2, 0.25) is 0 Å². The van der Waals surface area contributed by atoms with Gasteiger partial charge in [0, 0.05) is 49.5 Å². The Morgan fingerprint density at radius 3 is 2.16 bits per heavy atom. The van der Waals surface area contributed by atoms with Gasteiger partial charge in [-0.1, -0.05) is 114 Å². The molecule has 6 heteroatoms. The lowest BCUT2D eigenvalue weighted by molar-refractivity contribution is 0.0711. The third-order valence-electron chi connectivity index (χ3n) is 9.03. The van der Waals surface area contributed by atoms with E-state index in [1.165, 1.54) is 63.4 Å². The predicted molar refractivity (Wildman–Crippen MR) is 202 cm³/mol. The van der Waals surface area contributed by atoms with Gasteiger partial charge in [0.1, 0.15) is 5.84 Å². The Hall–Kier alpha value is -1.40. The van der Waals surface area contributed by atoms with Crippen LogP contribution in [-0.4, -0.2) is 71.9 Å². The molecule has 2 unspecified atom stereocenters. The van der Waals surface area contributed by atoms with Gasteiger partial charge in [-0.25, -0.2) is 4.99 Å². The highest BCUT2D eigenvalue weighted by atomic mass is 79.9. The molecule has 0 N–H and O–H groups in total. The van der Waals surface area contributed by atoms with Gasteiger partial charge >= 0.3 is 0 Å². The van der Waals surface area contributed by atoms with Crippen molar-refractivity contribution in [3.8, 4) is 0 Å². The largest absolute Gasteiger partial charge is 0.353 e. The number of aliphatic imine (C=N–C) groups is 1. The van der Waals surface area contributed by atoms with Crippen molar-refractivity contribution in [1.29, 1.82) is 0 Å². The second-order valence-electron chi connectivity index (χ2n) is 12.5. The second kappa shape index (κ2) is 23.0. The van der Waals surface area contributed by atoms with Crippen molar-refractivity contribution in [2.24, 2.45) is 10.9 Å². The average Bonchev–Trinajstić information content (AvgIpc) is 3.26. The van der Waals surface area contributed by atoms with E-state index in [-0.39, 0.29) is 0 Å². The minimum absolute atomic E-state index is 0.474. The normalized spacial score (nSPS) is 23.5. The number of piperazine rings is 1. The Balaban J connectivity index is 0.000000824. The van der Waals surface area contributed by atoms with Gasteiger partial charge in [0.15, 0.2) is 0 Å². The van der Waals surface area contributed by atoms with Crippen LogP contribution >= 0.6 is 27.5 Å². The highest BCUT2D eigenvalue weighted by molar-refractivity contribution is 9.12. The molecule has 1 saturated carbocycles. The van der Waals surface area contributed by atoms with Crippen LogP contribution in [0.5, 0.6) is 0 Å². The van der Waals surface area contributed by atoms with Crippen LogP contribution in [0, 0.1) is 5.92 Å². The average molecular weight is 692 g/mol. The van der Waals surface area contributed by atoms with E-state index < -0.39 is 0 Å². The van der Waals surface area contributed by atoms with E-state index in [0.717, 1.165) is 66.7 Å². The van der Waals surface area contributed by atoms with Gasteiger partial charge in [-0.15, -0.1) is 0 Å². The number of hydrogen-bond acceptors (Lipinski definition) is 3. The maximum Gasteiger partial charge on any atom is 0.142 e. The first-order valence-corrected chi connectivity index (χ1v) is 18.4. The summed E-state index contributed by atoms with van der Waals surface area (Å²) in [7, 11) is 0. The molecule has 2 atom stereocenters. The first-order chi connectivity index (χ1) is 21.0. The maximum absolute atomic E-state index is 6.04. The van der Waals surface area contributed by atoms with Gasteiger partial charge < -0.3 is 4.90 Å². The monoisotopic (exact) mass is 690 g/mol. The van der Waals surface area contributed by atoms with Crippen molar-refractivity contribution in [3.63, 3.8) is 0 Å². The molecule has 44 heavy (non-hydrogen) atoms. The Morgan fingerprint density at radius 2 is 1.61 bits per heavy atom. The van der Waals surface area contributed by atoms with Crippen molar-refractivity contribution >= 4 is 33.4 Å². The first-order valence-electron chi connectivity index (χ1n) is 17.2.